The summed E-state index contributed by atoms with van der Waals surface area (Å²) >= 11 is 0. The molecule has 0 unspecified atom stereocenters. The van der Waals surface area contributed by atoms with Crippen molar-refractivity contribution in [1.82, 2.24) is 19.9 Å². The Labute approximate surface area is 138 Å². The fourth-order valence-corrected chi connectivity index (χ4v) is 2.52. The largest absolute Gasteiger partial charge is 0.337 e. The van der Waals surface area contributed by atoms with Crippen molar-refractivity contribution in [2.24, 2.45) is 0 Å². The summed E-state index contributed by atoms with van der Waals surface area (Å²) in [6, 6.07) is 7.81. The normalized spacial score (nSPS) is 16.2. The molecule has 0 aliphatic carbocycles. The molecule has 8 heteroatoms. The molecule has 0 spiro atoms. The second-order valence-corrected chi connectivity index (χ2v) is 5.39. The van der Waals surface area contributed by atoms with Gasteiger partial charge in [-0.2, -0.15) is 4.98 Å². The Hall–Kier alpha value is -3.03. The van der Waals surface area contributed by atoms with E-state index in [0.717, 1.165) is 15.4 Å². The van der Waals surface area contributed by atoms with E-state index >= 15 is 0 Å². The zero-order valence-corrected chi connectivity index (χ0v) is 13.3. The Morgan fingerprint density at radius 1 is 1.12 bits per heavy atom. The van der Waals surface area contributed by atoms with Crippen LogP contribution < -0.4 is 0 Å². The lowest BCUT2D eigenvalue weighted by atomic mass is 10.1. The first-order valence-corrected chi connectivity index (χ1v) is 7.58. The van der Waals surface area contributed by atoms with Gasteiger partial charge in [-0.1, -0.05) is 42.4 Å². The minimum absolute atomic E-state index is 0.121. The maximum atomic E-state index is 12.5. The van der Waals surface area contributed by atoms with E-state index in [1.807, 2.05) is 13.0 Å². The average molecular weight is 328 g/mol. The van der Waals surface area contributed by atoms with Crippen LogP contribution in [-0.4, -0.2) is 37.8 Å². The Morgan fingerprint density at radius 2 is 1.83 bits per heavy atom. The first-order chi connectivity index (χ1) is 11.5. The van der Waals surface area contributed by atoms with Crippen molar-refractivity contribution in [3.05, 3.63) is 47.6 Å². The third kappa shape index (κ3) is 2.66. The Balaban J connectivity index is 1.82. The van der Waals surface area contributed by atoms with Gasteiger partial charge in [-0.3, -0.25) is 9.59 Å². The van der Waals surface area contributed by atoms with Gasteiger partial charge in [0, 0.05) is 6.42 Å². The van der Waals surface area contributed by atoms with Gasteiger partial charge in [0.1, 0.15) is 6.54 Å². The summed E-state index contributed by atoms with van der Waals surface area (Å²) < 4.78 is 4.99. The second kappa shape index (κ2) is 6.23. The number of aryl methyl sites for hydroxylation is 1. The first-order valence-electron chi connectivity index (χ1n) is 7.58. The van der Waals surface area contributed by atoms with Crippen LogP contribution in [0.3, 0.4) is 0 Å². The number of carbonyl (C=O) groups excluding carboxylic acids is 3. The number of hydrogen-bond acceptors (Lipinski definition) is 6. The van der Waals surface area contributed by atoms with Gasteiger partial charge in [-0.15, -0.1) is 0 Å². The molecule has 1 aliphatic heterocycles. The van der Waals surface area contributed by atoms with Crippen LogP contribution >= 0.6 is 0 Å². The van der Waals surface area contributed by atoms with Crippen molar-refractivity contribution in [2.75, 3.05) is 0 Å². The zero-order valence-electron chi connectivity index (χ0n) is 13.3. The number of carbonyl (C=O) groups is 3. The van der Waals surface area contributed by atoms with E-state index < -0.39 is 23.9 Å². The highest BCUT2D eigenvalue weighted by Crippen LogP contribution is 2.26. The summed E-state index contributed by atoms with van der Waals surface area (Å²) in [5.74, 6) is -1.15. The molecule has 4 amide bonds. The van der Waals surface area contributed by atoms with Crippen LogP contribution in [0.25, 0.3) is 0 Å². The summed E-state index contributed by atoms with van der Waals surface area (Å²) in [4.78, 5) is 42.8. The lowest BCUT2D eigenvalue weighted by Crippen LogP contribution is -2.35. The van der Waals surface area contributed by atoms with E-state index in [0.29, 0.717) is 12.2 Å². The minimum atomic E-state index is -0.890. The number of amides is 4. The number of aromatic nitrogens is 2. The number of imide groups is 2. The smallest absolute Gasteiger partial charge is 0.335 e. The van der Waals surface area contributed by atoms with E-state index in [-0.39, 0.29) is 12.4 Å². The number of benzene rings is 1. The van der Waals surface area contributed by atoms with Gasteiger partial charge in [0.05, 0.1) is 6.04 Å². The molecule has 3 rings (SSSR count). The van der Waals surface area contributed by atoms with Gasteiger partial charge in [0.2, 0.25) is 5.89 Å². The summed E-state index contributed by atoms with van der Waals surface area (Å²) in [7, 11) is 0. The van der Waals surface area contributed by atoms with E-state index in [1.54, 1.807) is 31.2 Å². The molecule has 2 heterocycles. The van der Waals surface area contributed by atoms with Gasteiger partial charge in [0.15, 0.2) is 5.82 Å². The van der Waals surface area contributed by atoms with E-state index in [2.05, 4.69) is 10.1 Å². The second-order valence-electron chi connectivity index (χ2n) is 5.39. The van der Waals surface area contributed by atoms with Crippen molar-refractivity contribution in [3.8, 4) is 0 Å². The van der Waals surface area contributed by atoms with Crippen LogP contribution in [0.2, 0.25) is 0 Å². The van der Waals surface area contributed by atoms with Crippen molar-refractivity contribution in [2.45, 2.75) is 32.9 Å². The molecule has 24 heavy (non-hydrogen) atoms. The molecular formula is C16H16N4O4. The van der Waals surface area contributed by atoms with Gasteiger partial charge >= 0.3 is 17.8 Å². The summed E-state index contributed by atoms with van der Waals surface area (Å²) in [6.07, 6.45) is 0.571. The van der Waals surface area contributed by atoms with Crippen LogP contribution in [0.1, 0.15) is 37.2 Å². The van der Waals surface area contributed by atoms with Crippen LogP contribution in [0.15, 0.2) is 34.9 Å². The molecule has 0 radical (unpaired) electrons. The average Bonchev–Trinajstić information content (AvgIpc) is 3.14. The quantitative estimate of drug-likeness (QED) is 0.612. The number of nitrogens with zero attached hydrogens (tertiary/aromatic N) is 4. The third-order valence-electron chi connectivity index (χ3n) is 3.87. The van der Waals surface area contributed by atoms with Crippen LogP contribution in [-0.2, 0) is 22.6 Å². The predicted molar refractivity (Wildman–Crippen MR) is 81.3 cm³/mol. The monoisotopic (exact) mass is 328 g/mol. The first kappa shape index (κ1) is 15.9. The SMILES string of the molecule is CCc1noc(CN2C(=O)C(=O)N([C@H](C)c3ccccc3)C2=O)n1. The lowest BCUT2D eigenvalue weighted by molar-refractivity contribution is -0.144. The molecule has 1 atom stereocenters. The van der Waals surface area contributed by atoms with Crippen molar-refractivity contribution >= 4 is 17.8 Å². The van der Waals surface area contributed by atoms with E-state index in [4.69, 9.17) is 4.52 Å². The maximum Gasteiger partial charge on any atom is 0.335 e. The molecule has 1 aromatic heterocycles. The molecule has 1 saturated heterocycles. The van der Waals surface area contributed by atoms with Crippen molar-refractivity contribution < 1.29 is 18.9 Å². The summed E-state index contributed by atoms with van der Waals surface area (Å²) in [6.45, 7) is 3.34. The van der Waals surface area contributed by atoms with Gasteiger partial charge in [-0.05, 0) is 12.5 Å². The van der Waals surface area contributed by atoms with Crippen LogP contribution in [0, 0.1) is 0 Å². The molecule has 8 nitrogen and oxygen atoms in total. The topological polar surface area (TPSA) is 96.6 Å². The molecule has 2 aromatic rings. The van der Waals surface area contributed by atoms with Crippen LogP contribution in [0.5, 0.6) is 0 Å². The molecule has 0 bridgehead atoms. The van der Waals surface area contributed by atoms with Crippen LogP contribution in [0.4, 0.5) is 4.79 Å². The predicted octanol–water partition coefficient (Wildman–Crippen LogP) is 1.68. The summed E-state index contributed by atoms with van der Waals surface area (Å²) in [5.41, 5.74) is 0.764. The molecule has 0 N–H and O–H groups in total. The maximum absolute atomic E-state index is 12.5. The fraction of sp³-hybridized carbons (Fsp3) is 0.312. The van der Waals surface area contributed by atoms with Gasteiger partial charge in [0.25, 0.3) is 0 Å². The van der Waals surface area contributed by atoms with Crippen molar-refractivity contribution in [3.63, 3.8) is 0 Å². The number of urea groups is 1. The minimum Gasteiger partial charge on any atom is -0.337 e. The summed E-state index contributed by atoms with van der Waals surface area (Å²) in [5, 5.41) is 3.71. The van der Waals surface area contributed by atoms with E-state index in [1.165, 1.54) is 0 Å². The Kier molecular flexibility index (Phi) is 4.11. The fourth-order valence-electron chi connectivity index (χ4n) is 2.52. The lowest BCUT2D eigenvalue weighted by Gasteiger charge is -2.21. The molecular weight excluding hydrogens is 312 g/mol. The molecule has 124 valence electrons. The molecule has 0 saturated carbocycles. The number of rotatable bonds is 5. The highest BCUT2D eigenvalue weighted by Gasteiger charge is 2.47. The Bertz CT molecular complexity index is 786. The standard InChI is InChI=1S/C16H16N4O4/c1-3-12-17-13(24-18-12)9-19-14(21)15(22)20(16(19)23)10(2)11-7-5-4-6-8-11/h4-8,10H,3,9H2,1-2H3/t10-/m1/s1. The van der Waals surface area contributed by atoms with E-state index in [9.17, 15) is 14.4 Å². The molecule has 1 aliphatic rings. The van der Waals surface area contributed by atoms with Crippen molar-refractivity contribution in [1.29, 1.82) is 0 Å². The van der Waals surface area contributed by atoms with Gasteiger partial charge in [-0.25, -0.2) is 14.6 Å². The Morgan fingerprint density at radius 3 is 2.46 bits per heavy atom. The third-order valence-corrected chi connectivity index (χ3v) is 3.87. The highest BCUT2D eigenvalue weighted by molar-refractivity contribution is 6.44. The van der Waals surface area contributed by atoms with Gasteiger partial charge < -0.3 is 4.52 Å². The molecule has 1 fully saturated rings. The number of hydrogen-bond donors (Lipinski definition) is 0. The zero-order chi connectivity index (χ0) is 17.3. The highest BCUT2D eigenvalue weighted by atomic mass is 16.5. The molecule has 1 aromatic carbocycles.